The molecule has 0 aromatic carbocycles. The summed E-state index contributed by atoms with van der Waals surface area (Å²) >= 11 is 5.01. The summed E-state index contributed by atoms with van der Waals surface area (Å²) in [5, 5.41) is 24.6. The van der Waals surface area contributed by atoms with Crippen molar-refractivity contribution in [3.63, 3.8) is 0 Å². The second-order valence-electron chi connectivity index (χ2n) is 3.19. The molecular weight excluding hydrogens is 236 g/mol. The second-order valence-corrected chi connectivity index (χ2v) is 3.59. The van der Waals surface area contributed by atoms with Gasteiger partial charge in [0.15, 0.2) is 0 Å². The quantitative estimate of drug-likeness (QED) is 0.654. The average Bonchev–Trinajstić information content (AvgIpc) is 2.81. The molecule has 4 N–H and O–H groups in total. The number of H-pyrrole nitrogens is 2. The first-order valence-electron chi connectivity index (χ1n) is 4.54. The summed E-state index contributed by atoms with van der Waals surface area (Å²) < 4.78 is 0.202. The molecule has 0 spiro atoms. The molecule has 2 heterocycles. The van der Waals surface area contributed by atoms with Crippen molar-refractivity contribution in [2.75, 3.05) is 5.73 Å². The lowest BCUT2D eigenvalue weighted by Gasteiger charge is -2.07. The van der Waals surface area contributed by atoms with Gasteiger partial charge in [-0.2, -0.15) is 15.6 Å². The minimum atomic E-state index is 0.140. The molecule has 2 rings (SSSR count). The predicted molar refractivity (Wildman–Crippen MR) is 63.1 cm³/mol. The highest BCUT2D eigenvalue weighted by atomic mass is 32.1. The fraction of sp³-hybridized carbons (Fsp3) is 0. The van der Waals surface area contributed by atoms with Gasteiger partial charge in [0.2, 0.25) is 0 Å². The lowest BCUT2D eigenvalue weighted by molar-refractivity contribution is 1.09. The van der Waals surface area contributed by atoms with Gasteiger partial charge in [-0.25, -0.2) is 0 Å². The van der Waals surface area contributed by atoms with Crippen LogP contribution in [0.1, 0.15) is 11.1 Å². The summed E-state index contributed by atoms with van der Waals surface area (Å²) in [6, 6.07) is 5.56. The number of pyridine rings is 1. The number of aromatic amines is 2. The van der Waals surface area contributed by atoms with Crippen LogP contribution in [0.5, 0.6) is 0 Å². The number of nitrogen functional groups attached to an aromatic ring is 1. The maximum Gasteiger partial charge on any atom is 0.123 e. The molecule has 0 fully saturated rings. The van der Waals surface area contributed by atoms with E-state index in [0.717, 1.165) is 0 Å². The van der Waals surface area contributed by atoms with Crippen LogP contribution in [-0.2, 0) is 0 Å². The summed E-state index contributed by atoms with van der Waals surface area (Å²) in [7, 11) is 0. The van der Waals surface area contributed by atoms with E-state index in [1.807, 2.05) is 12.1 Å². The Kier molecular flexibility index (Phi) is 2.61. The highest BCUT2D eigenvalue weighted by Crippen LogP contribution is 2.28. The Morgan fingerprint density at radius 2 is 2.00 bits per heavy atom. The third kappa shape index (κ3) is 1.65. The van der Waals surface area contributed by atoms with E-state index in [0.29, 0.717) is 11.3 Å². The molecule has 0 aliphatic heterocycles. The highest BCUT2D eigenvalue weighted by molar-refractivity contribution is 7.71. The minimum Gasteiger partial charge on any atom is -0.384 e. The molecule has 0 radical (unpaired) electrons. The number of nitriles is 2. The maximum absolute atomic E-state index is 9.09. The number of hydrogen-bond acceptors (Lipinski definition) is 5. The van der Waals surface area contributed by atoms with Crippen molar-refractivity contribution in [1.82, 2.24) is 15.2 Å². The van der Waals surface area contributed by atoms with Crippen LogP contribution < -0.4 is 5.73 Å². The molecule has 0 aliphatic rings. The van der Waals surface area contributed by atoms with Gasteiger partial charge in [0, 0.05) is 11.8 Å². The van der Waals surface area contributed by atoms with E-state index >= 15 is 0 Å². The summed E-state index contributed by atoms with van der Waals surface area (Å²) in [4.78, 5) is 2.62. The Balaban J connectivity index is 2.95. The van der Waals surface area contributed by atoms with Crippen LogP contribution in [-0.4, -0.2) is 15.2 Å². The van der Waals surface area contributed by atoms with Gasteiger partial charge in [-0.3, -0.25) is 5.10 Å². The molecular formula is C10H6N6S. The topological polar surface area (TPSA) is 118 Å². The second kappa shape index (κ2) is 4.08. The molecule has 17 heavy (non-hydrogen) atoms. The molecule has 0 bridgehead atoms. The van der Waals surface area contributed by atoms with Crippen molar-refractivity contribution < 1.29 is 0 Å². The highest BCUT2D eigenvalue weighted by Gasteiger charge is 2.17. The Bertz CT molecular complexity index is 698. The maximum atomic E-state index is 9.09. The number of nitrogens with two attached hydrogens (primary N) is 1. The number of anilines is 1. The van der Waals surface area contributed by atoms with Crippen LogP contribution in [0.25, 0.3) is 11.3 Å². The fourth-order valence-electron chi connectivity index (χ4n) is 1.51. The Hall–Kier alpha value is -2.64. The first-order valence-corrected chi connectivity index (χ1v) is 4.95. The van der Waals surface area contributed by atoms with Crippen LogP contribution in [0.2, 0.25) is 0 Å². The number of aromatic nitrogens is 3. The molecule has 7 heteroatoms. The molecule has 0 saturated heterocycles. The lowest BCUT2D eigenvalue weighted by Crippen LogP contribution is -2.01. The van der Waals surface area contributed by atoms with Crippen molar-refractivity contribution in [2.24, 2.45) is 0 Å². The van der Waals surface area contributed by atoms with Gasteiger partial charge < -0.3 is 10.7 Å². The molecule has 0 aliphatic carbocycles. The SMILES string of the molecule is N#Cc1c(N)[nH]c(=S)c(C#N)c1-c1ccn[nH]1. The van der Waals surface area contributed by atoms with E-state index in [1.54, 1.807) is 6.07 Å². The Morgan fingerprint density at radius 3 is 2.53 bits per heavy atom. The van der Waals surface area contributed by atoms with Crippen LogP contribution in [0, 0.1) is 27.3 Å². The van der Waals surface area contributed by atoms with E-state index in [2.05, 4.69) is 15.2 Å². The Labute approximate surface area is 101 Å². The zero-order valence-corrected chi connectivity index (χ0v) is 9.30. The molecule has 82 valence electrons. The summed E-state index contributed by atoms with van der Waals surface area (Å²) in [6.45, 7) is 0. The zero-order valence-electron chi connectivity index (χ0n) is 8.48. The van der Waals surface area contributed by atoms with Gasteiger partial charge in [0.25, 0.3) is 0 Å². The molecule has 0 atom stereocenters. The summed E-state index contributed by atoms with van der Waals surface area (Å²) in [5.74, 6) is 0.140. The minimum absolute atomic E-state index is 0.140. The van der Waals surface area contributed by atoms with Gasteiger partial charge in [0.05, 0.1) is 11.3 Å². The van der Waals surface area contributed by atoms with E-state index in [1.165, 1.54) is 6.20 Å². The summed E-state index contributed by atoms with van der Waals surface area (Å²) in [6.07, 6.45) is 1.52. The van der Waals surface area contributed by atoms with Crippen molar-refractivity contribution >= 4 is 18.0 Å². The molecule has 0 unspecified atom stereocenters. The van der Waals surface area contributed by atoms with Gasteiger partial charge in [0.1, 0.15) is 28.2 Å². The molecule has 0 saturated carbocycles. The third-order valence-electron chi connectivity index (χ3n) is 2.24. The number of rotatable bonds is 1. The lowest BCUT2D eigenvalue weighted by atomic mass is 10.0. The standard InChI is InChI=1S/C10H6N6S/c11-3-5-8(7-1-2-14-16-7)6(4-12)10(17)15-9(5)13/h1-2H,(H,14,16)(H3,13,15,17). The monoisotopic (exact) mass is 242 g/mol. The molecule has 2 aromatic heterocycles. The first kappa shape index (κ1) is 10.9. The van der Waals surface area contributed by atoms with E-state index in [-0.39, 0.29) is 21.6 Å². The van der Waals surface area contributed by atoms with Crippen molar-refractivity contribution in [3.05, 3.63) is 28.0 Å². The van der Waals surface area contributed by atoms with Crippen molar-refractivity contribution in [1.29, 1.82) is 10.5 Å². The largest absolute Gasteiger partial charge is 0.384 e. The predicted octanol–water partition coefficient (Wildman–Crippen LogP) is 1.46. The van der Waals surface area contributed by atoms with Crippen LogP contribution in [0.4, 0.5) is 5.82 Å². The zero-order chi connectivity index (χ0) is 12.4. The average molecular weight is 242 g/mol. The molecule has 6 nitrogen and oxygen atoms in total. The van der Waals surface area contributed by atoms with Crippen LogP contribution in [0.15, 0.2) is 12.3 Å². The van der Waals surface area contributed by atoms with Gasteiger partial charge >= 0.3 is 0 Å². The molecule has 0 amide bonds. The number of nitrogens with zero attached hydrogens (tertiary/aromatic N) is 3. The van der Waals surface area contributed by atoms with E-state index in [4.69, 9.17) is 28.5 Å². The number of hydrogen-bond donors (Lipinski definition) is 3. The van der Waals surface area contributed by atoms with Gasteiger partial charge in [-0.15, -0.1) is 0 Å². The Morgan fingerprint density at radius 1 is 1.29 bits per heavy atom. The fourth-order valence-corrected chi connectivity index (χ4v) is 1.77. The van der Waals surface area contributed by atoms with Crippen LogP contribution in [0.3, 0.4) is 0 Å². The van der Waals surface area contributed by atoms with Gasteiger partial charge in [-0.05, 0) is 6.07 Å². The van der Waals surface area contributed by atoms with Crippen molar-refractivity contribution in [3.8, 4) is 23.4 Å². The summed E-state index contributed by atoms with van der Waals surface area (Å²) in [5.41, 5.74) is 6.97. The third-order valence-corrected chi connectivity index (χ3v) is 2.54. The van der Waals surface area contributed by atoms with Gasteiger partial charge in [-0.1, -0.05) is 12.2 Å². The van der Waals surface area contributed by atoms with E-state index in [9.17, 15) is 0 Å². The first-order chi connectivity index (χ1) is 8.19. The normalized spacial score (nSPS) is 9.53. The number of nitrogens with one attached hydrogen (secondary N) is 2. The smallest absolute Gasteiger partial charge is 0.123 e. The van der Waals surface area contributed by atoms with E-state index < -0.39 is 0 Å². The molecule has 2 aromatic rings. The van der Waals surface area contributed by atoms with Crippen molar-refractivity contribution in [2.45, 2.75) is 0 Å². The van der Waals surface area contributed by atoms with Crippen LogP contribution >= 0.6 is 12.2 Å².